The molecule has 1 saturated carbocycles. The van der Waals surface area contributed by atoms with Gasteiger partial charge in [-0.05, 0) is 37.5 Å². The molecule has 2 aliphatic rings. The zero-order valence-corrected chi connectivity index (χ0v) is 11.8. The van der Waals surface area contributed by atoms with Gasteiger partial charge in [-0.3, -0.25) is 4.79 Å². The van der Waals surface area contributed by atoms with Crippen molar-refractivity contribution in [3.05, 3.63) is 0 Å². The van der Waals surface area contributed by atoms with Crippen LogP contribution in [0.5, 0.6) is 0 Å². The molecular formula is C14H24O5. The molecule has 1 aliphatic heterocycles. The summed E-state index contributed by atoms with van der Waals surface area (Å²) in [5.41, 5.74) is -0.568. The molecule has 110 valence electrons. The highest BCUT2D eigenvalue weighted by atomic mass is 16.7. The van der Waals surface area contributed by atoms with E-state index in [4.69, 9.17) is 14.2 Å². The molecule has 1 N–H and O–H groups in total. The lowest BCUT2D eigenvalue weighted by Crippen LogP contribution is -2.57. The molecule has 1 aliphatic carbocycles. The SMILES string of the molecule is CO[C@H](OC(C)=O)[C@@]12OCC[C@H]1CCC[C@H]2CCO. The van der Waals surface area contributed by atoms with Gasteiger partial charge in [-0.25, -0.2) is 0 Å². The highest BCUT2D eigenvalue weighted by Crippen LogP contribution is 2.51. The Morgan fingerprint density at radius 3 is 2.89 bits per heavy atom. The van der Waals surface area contributed by atoms with Crippen LogP contribution in [0.3, 0.4) is 0 Å². The second-order valence-corrected chi connectivity index (χ2v) is 5.50. The van der Waals surface area contributed by atoms with Crippen molar-refractivity contribution in [3.8, 4) is 0 Å². The summed E-state index contributed by atoms with van der Waals surface area (Å²) in [7, 11) is 1.55. The molecule has 5 nitrogen and oxygen atoms in total. The number of fused-ring (bicyclic) bond motifs is 1. The second kappa shape index (κ2) is 6.20. The van der Waals surface area contributed by atoms with E-state index in [1.807, 2.05) is 0 Å². The predicted molar refractivity (Wildman–Crippen MR) is 68.4 cm³/mol. The lowest BCUT2D eigenvalue weighted by atomic mass is 9.67. The Morgan fingerprint density at radius 1 is 1.47 bits per heavy atom. The van der Waals surface area contributed by atoms with Crippen molar-refractivity contribution in [1.29, 1.82) is 0 Å². The minimum absolute atomic E-state index is 0.124. The molecule has 0 aromatic heterocycles. The Labute approximate surface area is 114 Å². The van der Waals surface area contributed by atoms with Gasteiger partial charge in [-0.15, -0.1) is 0 Å². The highest BCUT2D eigenvalue weighted by molar-refractivity contribution is 5.66. The number of aliphatic hydroxyl groups is 1. The van der Waals surface area contributed by atoms with Crippen molar-refractivity contribution < 1.29 is 24.1 Å². The van der Waals surface area contributed by atoms with Gasteiger partial charge in [0.15, 0.2) is 0 Å². The fourth-order valence-corrected chi connectivity index (χ4v) is 3.83. The smallest absolute Gasteiger partial charge is 0.305 e. The standard InChI is InChI=1S/C14H24O5/c1-10(16)19-13(17-2)14-11(6-8-15)4-3-5-12(14)7-9-18-14/h11-13,15H,3-9H2,1-2H3/t11-,12+,13+,14-/m0/s1. The van der Waals surface area contributed by atoms with E-state index in [0.29, 0.717) is 18.9 Å². The Hall–Kier alpha value is -0.650. The van der Waals surface area contributed by atoms with Crippen molar-refractivity contribution in [2.75, 3.05) is 20.3 Å². The quantitative estimate of drug-likeness (QED) is 0.606. The lowest BCUT2D eigenvalue weighted by molar-refractivity contribution is -0.260. The number of hydrogen-bond acceptors (Lipinski definition) is 5. The third-order valence-electron chi connectivity index (χ3n) is 4.53. The molecule has 4 atom stereocenters. The van der Waals surface area contributed by atoms with Crippen molar-refractivity contribution in [2.45, 2.75) is 50.9 Å². The Kier molecular flexibility index (Phi) is 4.81. The van der Waals surface area contributed by atoms with Crippen LogP contribution in [0.4, 0.5) is 0 Å². The van der Waals surface area contributed by atoms with Crippen LogP contribution < -0.4 is 0 Å². The van der Waals surface area contributed by atoms with Crippen LogP contribution in [0.25, 0.3) is 0 Å². The van der Waals surface area contributed by atoms with E-state index < -0.39 is 11.9 Å². The fraction of sp³-hybridized carbons (Fsp3) is 0.929. The normalized spacial score (nSPS) is 35.7. The molecule has 0 spiro atoms. The number of carbonyl (C=O) groups is 1. The minimum atomic E-state index is -0.672. The molecule has 0 aromatic rings. The van der Waals surface area contributed by atoms with Crippen LogP contribution in [0.1, 0.15) is 39.0 Å². The molecule has 0 radical (unpaired) electrons. The molecule has 1 saturated heterocycles. The van der Waals surface area contributed by atoms with Gasteiger partial charge in [-0.1, -0.05) is 6.42 Å². The first-order valence-corrected chi connectivity index (χ1v) is 7.10. The average Bonchev–Trinajstić information content (AvgIpc) is 2.81. The van der Waals surface area contributed by atoms with Crippen molar-refractivity contribution in [1.82, 2.24) is 0 Å². The van der Waals surface area contributed by atoms with E-state index in [1.54, 1.807) is 7.11 Å². The summed E-state index contributed by atoms with van der Waals surface area (Å²) < 4.78 is 16.8. The zero-order chi connectivity index (χ0) is 13.9. The van der Waals surface area contributed by atoms with Gasteiger partial charge in [0, 0.05) is 27.2 Å². The predicted octanol–water partition coefficient (Wildman–Crippen LogP) is 1.48. The van der Waals surface area contributed by atoms with Gasteiger partial charge in [0.1, 0.15) is 5.60 Å². The number of rotatable bonds is 5. The molecule has 0 aromatic carbocycles. The first-order valence-electron chi connectivity index (χ1n) is 7.10. The van der Waals surface area contributed by atoms with Crippen LogP contribution in [0.15, 0.2) is 0 Å². The van der Waals surface area contributed by atoms with Gasteiger partial charge in [0.2, 0.25) is 6.29 Å². The molecular weight excluding hydrogens is 248 g/mol. The van der Waals surface area contributed by atoms with E-state index in [1.165, 1.54) is 6.92 Å². The zero-order valence-electron chi connectivity index (χ0n) is 11.8. The number of ether oxygens (including phenoxy) is 3. The monoisotopic (exact) mass is 272 g/mol. The van der Waals surface area contributed by atoms with Crippen molar-refractivity contribution in [2.24, 2.45) is 11.8 Å². The number of methoxy groups -OCH3 is 1. The van der Waals surface area contributed by atoms with Crippen LogP contribution in [0.2, 0.25) is 0 Å². The largest absolute Gasteiger partial charge is 0.433 e. The Morgan fingerprint density at radius 2 is 2.26 bits per heavy atom. The first-order chi connectivity index (χ1) is 9.15. The van der Waals surface area contributed by atoms with Gasteiger partial charge in [0.25, 0.3) is 0 Å². The second-order valence-electron chi connectivity index (χ2n) is 5.50. The third-order valence-corrected chi connectivity index (χ3v) is 4.53. The fourth-order valence-electron chi connectivity index (χ4n) is 3.83. The number of carbonyl (C=O) groups excluding carboxylic acids is 1. The summed E-state index contributed by atoms with van der Waals surface area (Å²) in [6, 6.07) is 0. The van der Waals surface area contributed by atoms with E-state index in [-0.39, 0.29) is 18.5 Å². The Bertz CT molecular complexity index is 317. The molecule has 0 unspecified atom stereocenters. The molecule has 0 amide bonds. The first kappa shape index (κ1) is 14.8. The number of hydrogen-bond donors (Lipinski definition) is 1. The summed E-state index contributed by atoms with van der Waals surface area (Å²) in [6.45, 7) is 2.18. The summed E-state index contributed by atoms with van der Waals surface area (Å²) in [5.74, 6) is 0.175. The average molecular weight is 272 g/mol. The topological polar surface area (TPSA) is 65.0 Å². The summed E-state index contributed by atoms with van der Waals surface area (Å²) in [4.78, 5) is 11.3. The van der Waals surface area contributed by atoms with Gasteiger partial charge >= 0.3 is 5.97 Å². The maximum Gasteiger partial charge on any atom is 0.305 e. The van der Waals surface area contributed by atoms with Gasteiger partial charge in [0.05, 0.1) is 0 Å². The minimum Gasteiger partial charge on any atom is -0.433 e. The molecule has 19 heavy (non-hydrogen) atoms. The third kappa shape index (κ3) is 2.64. The molecule has 2 rings (SSSR count). The van der Waals surface area contributed by atoms with Gasteiger partial charge in [-0.2, -0.15) is 0 Å². The summed E-state index contributed by atoms with van der Waals surface area (Å²) >= 11 is 0. The van der Waals surface area contributed by atoms with Crippen LogP contribution in [-0.4, -0.2) is 43.3 Å². The molecule has 1 heterocycles. The number of aliphatic hydroxyl groups excluding tert-OH is 1. The summed E-state index contributed by atoms with van der Waals surface area (Å²) in [6.07, 6.45) is 4.16. The van der Waals surface area contributed by atoms with E-state index in [9.17, 15) is 9.90 Å². The maximum absolute atomic E-state index is 11.3. The highest BCUT2D eigenvalue weighted by Gasteiger charge is 2.58. The van der Waals surface area contributed by atoms with E-state index >= 15 is 0 Å². The molecule has 5 heteroatoms. The Balaban J connectivity index is 2.27. The van der Waals surface area contributed by atoms with E-state index in [0.717, 1.165) is 25.7 Å². The van der Waals surface area contributed by atoms with Crippen LogP contribution in [-0.2, 0) is 19.0 Å². The van der Waals surface area contributed by atoms with Gasteiger partial charge < -0.3 is 19.3 Å². The summed E-state index contributed by atoms with van der Waals surface area (Å²) in [5, 5.41) is 9.29. The van der Waals surface area contributed by atoms with Crippen LogP contribution >= 0.6 is 0 Å². The van der Waals surface area contributed by atoms with E-state index in [2.05, 4.69) is 0 Å². The lowest BCUT2D eigenvalue weighted by Gasteiger charge is -2.47. The van der Waals surface area contributed by atoms with Crippen molar-refractivity contribution >= 4 is 5.97 Å². The molecule has 2 fully saturated rings. The van der Waals surface area contributed by atoms with Crippen molar-refractivity contribution in [3.63, 3.8) is 0 Å². The number of esters is 1. The van der Waals surface area contributed by atoms with Crippen LogP contribution in [0, 0.1) is 11.8 Å². The molecule has 0 bridgehead atoms. The maximum atomic E-state index is 11.3.